The molecule has 146 valence electrons. The first-order valence-electron chi connectivity index (χ1n) is 9.33. The summed E-state index contributed by atoms with van der Waals surface area (Å²) in [7, 11) is 0. The number of anilines is 1. The average molecular weight is 398 g/mol. The molecule has 2 aromatic rings. The van der Waals surface area contributed by atoms with E-state index >= 15 is 0 Å². The van der Waals surface area contributed by atoms with Gasteiger partial charge < -0.3 is 14.8 Å². The van der Waals surface area contributed by atoms with Gasteiger partial charge in [-0.05, 0) is 31.9 Å². The summed E-state index contributed by atoms with van der Waals surface area (Å²) < 4.78 is 6.23. The van der Waals surface area contributed by atoms with Gasteiger partial charge in [-0.1, -0.05) is 24.3 Å². The summed E-state index contributed by atoms with van der Waals surface area (Å²) in [6.07, 6.45) is 0.695. The highest BCUT2D eigenvalue weighted by Gasteiger charge is 2.14. The first-order chi connectivity index (χ1) is 13.2. The van der Waals surface area contributed by atoms with Crippen LogP contribution in [0.1, 0.15) is 18.9 Å². The maximum Gasteiger partial charge on any atom is 0.155 e. The third kappa shape index (κ3) is 3.68. The van der Waals surface area contributed by atoms with Crippen molar-refractivity contribution < 1.29 is 9.52 Å². The van der Waals surface area contributed by atoms with Crippen LogP contribution in [-0.4, -0.2) is 29.8 Å². The van der Waals surface area contributed by atoms with Crippen molar-refractivity contribution in [1.82, 2.24) is 4.98 Å². The number of rotatable bonds is 5. The monoisotopic (exact) mass is 397 g/mol. The van der Waals surface area contributed by atoms with Crippen molar-refractivity contribution in [2.45, 2.75) is 20.3 Å². The molecule has 0 saturated heterocycles. The lowest BCUT2D eigenvalue weighted by Crippen LogP contribution is -2.09. The molecule has 1 aliphatic carbocycles. The van der Waals surface area contributed by atoms with Gasteiger partial charge in [-0.15, -0.1) is 12.4 Å². The molecule has 5 nitrogen and oxygen atoms in total. The van der Waals surface area contributed by atoms with Crippen LogP contribution >= 0.6 is 12.4 Å². The second kappa shape index (κ2) is 8.59. The molecular formula is C22H24ClN3O2. The molecule has 0 saturated carbocycles. The predicted octanol–water partition coefficient (Wildman–Crippen LogP) is 4.53. The Morgan fingerprint density at radius 3 is 2.68 bits per heavy atom. The molecule has 0 amide bonds. The van der Waals surface area contributed by atoms with Crippen LogP contribution < -0.4 is 10.7 Å². The molecule has 0 bridgehead atoms. The molecule has 2 aromatic carbocycles. The van der Waals surface area contributed by atoms with Gasteiger partial charge >= 0.3 is 0 Å². The van der Waals surface area contributed by atoms with E-state index in [9.17, 15) is 0 Å². The van der Waals surface area contributed by atoms with Crippen LogP contribution in [0, 0.1) is 6.92 Å². The molecule has 28 heavy (non-hydrogen) atoms. The van der Waals surface area contributed by atoms with Crippen LogP contribution in [0.5, 0.6) is 0 Å². The van der Waals surface area contributed by atoms with E-state index in [0.717, 1.165) is 56.5 Å². The SMILES string of the molecule is CCN=c1cc2oc3cc(NCCCO)c4ccccc4c3nc-2cc1C.Cl. The maximum atomic E-state index is 9.06. The lowest BCUT2D eigenvalue weighted by atomic mass is 10.1. The quantitative estimate of drug-likeness (QED) is 0.295. The Hall–Kier alpha value is -2.63. The highest BCUT2D eigenvalue weighted by molar-refractivity contribution is 6.10. The fourth-order valence-corrected chi connectivity index (χ4v) is 3.39. The van der Waals surface area contributed by atoms with Gasteiger partial charge in [0.25, 0.3) is 0 Å². The predicted molar refractivity (Wildman–Crippen MR) is 116 cm³/mol. The summed E-state index contributed by atoms with van der Waals surface area (Å²) in [5.74, 6) is 0.733. The van der Waals surface area contributed by atoms with Crippen LogP contribution in [0.25, 0.3) is 33.3 Å². The van der Waals surface area contributed by atoms with Gasteiger partial charge in [-0.25, -0.2) is 4.98 Å². The Kier molecular flexibility index (Phi) is 6.17. The summed E-state index contributed by atoms with van der Waals surface area (Å²) in [6.45, 7) is 5.67. The number of nitrogens with one attached hydrogen (secondary N) is 1. The van der Waals surface area contributed by atoms with Crippen molar-refractivity contribution in [3.63, 3.8) is 0 Å². The molecule has 2 N–H and O–H groups in total. The van der Waals surface area contributed by atoms with Crippen molar-refractivity contribution in [1.29, 1.82) is 0 Å². The van der Waals surface area contributed by atoms with Crippen LogP contribution in [0.2, 0.25) is 0 Å². The van der Waals surface area contributed by atoms with Gasteiger partial charge in [0.05, 0.1) is 5.36 Å². The Balaban J connectivity index is 0.00000225. The number of benzene rings is 3. The van der Waals surface area contributed by atoms with E-state index in [1.807, 2.05) is 44.2 Å². The van der Waals surface area contributed by atoms with Gasteiger partial charge in [0.15, 0.2) is 11.3 Å². The van der Waals surface area contributed by atoms with E-state index in [4.69, 9.17) is 14.5 Å². The number of aliphatic hydroxyl groups is 1. The number of aromatic nitrogens is 1. The number of halogens is 1. The fraction of sp³-hybridized carbons (Fsp3) is 0.273. The minimum atomic E-state index is 0. The van der Waals surface area contributed by atoms with Crippen molar-refractivity contribution in [2.24, 2.45) is 4.99 Å². The van der Waals surface area contributed by atoms with Crippen molar-refractivity contribution in [2.75, 3.05) is 25.0 Å². The Bertz CT molecular complexity index is 1150. The molecule has 0 unspecified atom stereocenters. The minimum absolute atomic E-state index is 0. The minimum Gasteiger partial charge on any atom is -0.453 e. The smallest absolute Gasteiger partial charge is 0.155 e. The lowest BCUT2D eigenvalue weighted by Gasteiger charge is -2.14. The number of fused-ring (bicyclic) bond motifs is 4. The Labute approximate surface area is 169 Å². The molecule has 6 heteroatoms. The van der Waals surface area contributed by atoms with Gasteiger partial charge in [0.1, 0.15) is 11.2 Å². The molecule has 0 spiro atoms. The fourth-order valence-electron chi connectivity index (χ4n) is 3.39. The summed E-state index contributed by atoms with van der Waals surface area (Å²) in [4.78, 5) is 9.43. The van der Waals surface area contributed by atoms with Crippen molar-refractivity contribution >= 4 is 40.0 Å². The molecule has 2 aliphatic rings. The highest BCUT2D eigenvalue weighted by Crippen LogP contribution is 2.34. The third-order valence-corrected chi connectivity index (χ3v) is 4.69. The van der Waals surface area contributed by atoms with E-state index < -0.39 is 0 Å². The summed E-state index contributed by atoms with van der Waals surface area (Å²) in [6, 6.07) is 14.2. The molecule has 0 aromatic heterocycles. The summed E-state index contributed by atoms with van der Waals surface area (Å²) >= 11 is 0. The standard InChI is InChI=1S/C22H23N3O2.ClH/c1-3-23-17-12-20-19(11-14(17)2)25-22-16-8-5-4-7-15(16)18(13-21(22)27-20)24-9-6-10-26;/h4-5,7-8,11-13,24,26H,3,6,9-10H2,1-2H3;1H. The molecule has 4 rings (SSSR count). The molecular weight excluding hydrogens is 374 g/mol. The molecule has 1 aliphatic heterocycles. The van der Waals surface area contributed by atoms with Crippen LogP contribution in [0.3, 0.4) is 0 Å². The molecule has 0 atom stereocenters. The maximum absolute atomic E-state index is 9.06. The lowest BCUT2D eigenvalue weighted by molar-refractivity contribution is 0.292. The van der Waals surface area contributed by atoms with Gasteiger partial charge in [0.2, 0.25) is 0 Å². The number of hydrogen-bond acceptors (Lipinski definition) is 5. The zero-order valence-corrected chi connectivity index (χ0v) is 16.8. The first-order valence-corrected chi connectivity index (χ1v) is 9.33. The average Bonchev–Trinajstić information content (AvgIpc) is 2.68. The van der Waals surface area contributed by atoms with Crippen molar-refractivity contribution in [3.8, 4) is 11.5 Å². The molecule has 0 fully saturated rings. The Morgan fingerprint density at radius 1 is 1.14 bits per heavy atom. The number of hydrogen-bond donors (Lipinski definition) is 2. The topological polar surface area (TPSA) is 70.7 Å². The molecule has 1 heterocycles. The normalized spacial score (nSPS) is 11.9. The van der Waals surface area contributed by atoms with E-state index in [-0.39, 0.29) is 19.0 Å². The second-order valence-corrected chi connectivity index (χ2v) is 6.62. The van der Waals surface area contributed by atoms with E-state index in [1.54, 1.807) is 0 Å². The largest absolute Gasteiger partial charge is 0.453 e. The second-order valence-electron chi connectivity index (χ2n) is 6.62. The van der Waals surface area contributed by atoms with E-state index in [1.165, 1.54) is 0 Å². The summed E-state index contributed by atoms with van der Waals surface area (Å²) in [5.41, 5.74) is 4.51. The number of nitrogens with zero attached hydrogens (tertiary/aromatic N) is 2. The van der Waals surface area contributed by atoms with E-state index in [2.05, 4.69) is 22.4 Å². The van der Waals surface area contributed by atoms with Crippen LogP contribution in [0.4, 0.5) is 5.69 Å². The summed E-state index contributed by atoms with van der Waals surface area (Å²) in [5, 5.41) is 15.6. The molecule has 0 radical (unpaired) electrons. The van der Waals surface area contributed by atoms with Gasteiger partial charge in [-0.2, -0.15) is 0 Å². The highest BCUT2D eigenvalue weighted by atomic mass is 35.5. The zero-order chi connectivity index (χ0) is 18.8. The van der Waals surface area contributed by atoms with E-state index in [0.29, 0.717) is 13.0 Å². The van der Waals surface area contributed by atoms with Gasteiger partial charge in [-0.3, -0.25) is 4.99 Å². The Morgan fingerprint density at radius 2 is 1.93 bits per heavy atom. The third-order valence-electron chi connectivity index (χ3n) is 4.69. The zero-order valence-electron chi connectivity index (χ0n) is 16.0. The number of aliphatic hydroxyl groups excluding tert-OH is 1. The number of aryl methyl sites for hydroxylation is 1. The van der Waals surface area contributed by atoms with Gasteiger partial charge in [0, 0.05) is 48.3 Å². The van der Waals surface area contributed by atoms with Crippen molar-refractivity contribution in [3.05, 3.63) is 53.4 Å². The first kappa shape index (κ1) is 20.1. The van der Waals surface area contributed by atoms with Crippen LogP contribution in [0.15, 0.2) is 51.9 Å². The van der Waals surface area contributed by atoms with Crippen LogP contribution in [-0.2, 0) is 0 Å².